The molecule has 178 valence electrons. The Kier molecular flexibility index (Phi) is 4.72. The van der Waals surface area contributed by atoms with E-state index in [1.807, 2.05) is 11.8 Å². The number of aryl methyl sites for hydroxylation is 1. The summed E-state index contributed by atoms with van der Waals surface area (Å²) in [7, 11) is 0. The highest BCUT2D eigenvalue weighted by molar-refractivity contribution is 5.92. The van der Waals surface area contributed by atoms with Crippen LogP contribution in [-0.2, 0) is 19.1 Å². The standard InChI is InChI=1S/C23H24F3N7O/c1-12-16-2-3-18(21(16)31-30-12)29-22(34)19-10-32(11-28-19)7-15-6-27-20(5-17(15)23(24,25)26)33-8-13-4-14(13)9-33/h5-6,10-11,13-14,18H,2-4,7-9H2,1H3,(H,29,34)(H,30,31)/t13?,14?,18-/m1/s1. The van der Waals surface area contributed by atoms with E-state index in [4.69, 9.17) is 0 Å². The van der Waals surface area contributed by atoms with Crippen LogP contribution in [0.25, 0.3) is 0 Å². The predicted octanol–water partition coefficient (Wildman–Crippen LogP) is 3.25. The first-order valence-corrected chi connectivity index (χ1v) is 11.4. The third-order valence-corrected chi connectivity index (χ3v) is 7.22. The molecule has 3 aromatic heterocycles. The lowest BCUT2D eigenvalue weighted by Gasteiger charge is -2.21. The van der Waals surface area contributed by atoms with Gasteiger partial charge in [0.15, 0.2) is 0 Å². The fourth-order valence-electron chi connectivity index (χ4n) is 5.25. The van der Waals surface area contributed by atoms with Gasteiger partial charge in [0.25, 0.3) is 5.91 Å². The Hall–Kier alpha value is -3.37. The Bertz CT molecular complexity index is 1250. The molecule has 0 aromatic carbocycles. The van der Waals surface area contributed by atoms with Crippen molar-refractivity contribution in [2.45, 2.75) is 44.9 Å². The monoisotopic (exact) mass is 471 g/mol. The average Bonchev–Trinajstić information content (AvgIpc) is 3.26. The molecule has 4 heterocycles. The van der Waals surface area contributed by atoms with E-state index in [0.29, 0.717) is 17.7 Å². The molecular formula is C23H24F3N7O. The van der Waals surface area contributed by atoms with Crippen molar-refractivity contribution in [3.63, 3.8) is 0 Å². The number of hydrogen-bond acceptors (Lipinski definition) is 5. The quantitative estimate of drug-likeness (QED) is 0.596. The van der Waals surface area contributed by atoms with Crippen LogP contribution >= 0.6 is 0 Å². The molecule has 3 aliphatic rings. The third kappa shape index (κ3) is 3.72. The molecule has 0 radical (unpaired) electrons. The van der Waals surface area contributed by atoms with Crippen molar-refractivity contribution in [3.05, 3.63) is 58.6 Å². The highest BCUT2D eigenvalue weighted by Gasteiger charge is 2.46. The van der Waals surface area contributed by atoms with Crippen molar-refractivity contribution in [1.82, 2.24) is 30.0 Å². The predicted molar refractivity (Wildman–Crippen MR) is 116 cm³/mol. The molecule has 1 aliphatic heterocycles. The average molecular weight is 471 g/mol. The van der Waals surface area contributed by atoms with Crippen molar-refractivity contribution in [2.75, 3.05) is 18.0 Å². The first-order chi connectivity index (χ1) is 16.3. The zero-order chi connectivity index (χ0) is 23.6. The Morgan fingerprint density at radius 1 is 1.26 bits per heavy atom. The number of aromatic nitrogens is 5. The SMILES string of the molecule is Cc1[nH]nc2c1CC[C@H]2NC(=O)c1cn(Cc2cnc(N3CC4CC4C3)cc2C(F)(F)F)cn1. The molecule has 1 saturated heterocycles. The van der Waals surface area contributed by atoms with Gasteiger partial charge in [0.2, 0.25) is 0 Å². The molecule has 11 heteroatoms. The summed E-state index contributed by atoms with van der Waals surface area (Å²) in [5, 5.41) is 10.1. The first-order valence-electron chi connectivity index (χ1n) is 11.4. The minimum atomic E-state index is -4.50. The van der Waals surface area contributed by atoms with Gasteiger partial charge in [-0.15, -0.1) is 0 Å². The maximum atomic E-state index is 13.8. The second kappa shape index (κ2) is 7.57. The van der Waals surface area contributed by atoms with Gasteiger partial charge in [0, 0.05) is 36.7 Å². The topological polar surface area (TPSA) is 91.7 Å². The van der Waals surface area contributed by atoms with E-state index in [1.54, 1.807) is 0 Å². The smallest absolute Gasteiger partial charge is 0.356 e. The fraction of sp³-hybridized carbons (Fsp3) is 0.478. The van der Waals surface area contributed by atoms with Gasteiger partial charge in [-0.2, -0.15) is 18.3 Å². The summed E-state index contributed by atoms with van der Waals surface area (Å²) >= 11 is 0. The molecule has 2 unspecified atom stereocenters. The lowest BCUT2D eigenvalue weighted by Crippen LogP contribution is -2.27. The fourth-order valence-corrected chi connectivity index (χ4v) is 5.25. The second-order valence-corrected chi connectivity index (χ2v) is 9.57. The van der Waals surface area contributed by atoms with E-state index < -0.39 is 11.7 Å². The normalized spacial score (nSPS) is 23.2. The molecule has 2 aliphatic carbocycles. The number of anilines is 1. The van der Waals surface area contributed by atoms with Gasteiger partial charge in [0.1, 0.15) is 11.5 Å². The maximum absolute atomic E-state index is 13.8. The second-order valence-electron chi connectivity index (χ2n) is 9.57. The lowest BCUT2D eigenvalue weighted by atomic mass is 10.1. The van der Waals surface area contributed by atoms with E-state index >= 15 is 0 Å². The number of carbonyl (C=O) groups is 1. The summed E-state index contributed by atoms with van der Waals surface area (Å²) in [6.45, 7) is 3.41. The van der Waals surface area contributed by atoms with Crippen molar-refractivity contribution < 1.29 is 18.0 Å². The maximum Gasteiger partial charge on any atom is 0.416 e. The van der Waals surface area contributed by atoms with E-state index in [2.05, 4.69) is 25.5 Å². The number of nitrogens with one attached hydrogen (secondary N) is 2. The number of H-pyrrole nitrogens is 1. The number of hydrogen-bond donors (Lipinski definition) is 2. The molecule has 2 fully saturated rings. The van der Waals surface area contributed by atoms with Crippen LogP contribution < -0.4 is 10.2 Å². The number of rotatable bonds is 5. The number of halogens is 3. The molecule has 6 rings (SSSR count). The van der Waals surface area contributed by atoms with Crippen LogP contribution in [0.2, 0.25) is 0 Å². The summed E-state index contributed by atoms with van der Waals surface area (Å²) in [4.78, 5) is 23.1. The minimum absolute atomic E-state index is 0.0393. The van der Waals surface area contributed by atoms with Crippen molar-refractivity contribution >= 4 is 11.7 Å². The van der Waals surface area contributed by atoms with Gasteiger partial charge in [-0.3, -0.25) is 9.89 Å². The van der Waals surface area contributed by atoms with Crippen LogP contribution in [0.4, 0.5) is 19.0 Å². The van der Waals surface area contributed by atoms with Crippen LogP contribution in [0.5, 0.6) is 0 Å². The number of imidazole rings is 1. The highest BCUT2D eigenvalue weighted by Crippen LogP contribution is 2.46. The Labute approximate surface area is 193 Å². The summed E-state index contributed by atoms with van der Waals surface area (Å²) in [5.74, 6) is 1.19. The molecule has 3 atom stereocenters. The minimum Gasteiger partial charge on any atom is -0.356 e. The van der Waals surface area contributed by atoms with Crippen molar-refractivity contribution in [1.29, 1.82) is 0 Å². The number of alkyl halides is 3. The van der Waals surface area contributed by atoms with Crippen molar-refractivity contribution in [2.24, 2.45) is 11.8 Å². The van der Waals surface area contributed by atoms with Crippen molar-refractivity contribution in [3.8, 4) is 0 Å². The Balaban J connectivity index is 1.18. The molecule has 3 aromatic rings. The summed E-state index contributed by atoms with van der Waals surface area (Å²) in [5.41, 5.74) is 2.44. The summed E-state index contributed by atoms with van der Waals surface area (Å²) < 4.78 is 43.0. The van der Waals surface area contributed by atoms with E-state index in [0.717, 1.165) is 48.9 Å². The zero-order valence-electron chi connectivity index (χ0n) is 18.6. The van der Waals surface area contributed by atoms with Gasteiger partial charge in [-0.25, -0.2) is 9.97 Å². The van der Waals surface area contributed by atoms with Gasteiger partial charge < -0.3 is 14.8 Å². The number of aromatic amines is 1. The van der Waals surface area contributed by atoms with Crippen LogP contribution in [0.15, 0.2) is 24.8 Å². The van der Waals surface area contributed by atoms with Crippen LogP contribution in [-0.4, -0.2) is 43.7 Å². The Morgan fingerprint density at radius 3 is 2.82 bits per heavy atom. The third-order valence-electron chi connectivity index (χ3n) is 7.22. The van der Waals surface area contributed by atoms with E-state index in [1.165, 1.54) is 29.7 Å². The molecule has 1 saturated carbocycles. The molecule has 34 heavy (non-hydrogen) atoms. The number of piperidine rings is 1. The molecule has 1 amide bonds. The van der Waals surface area contributed by atoms with Gasteiger partial charge in [-0.1, -0.05) is 0 Å². The zero-order valence-corrected chi connectivity index (χ0v) is 18.6. The lowest BCUT2D eigenvalue weighted by molar-refractivity contribution is -0.138. The van der Waals surface area contributed by atoms with Crippen LogP contribution in [0, 0.1) is 18.8 Å². The highest BCUT2D eigenvalue weighted by atomic mass is 19.4. The van der Waals surface area contributed by atoms with Gasteiger partial charge in [-0.05, 0) is 49.7 Å². The molecule has 2 N–H and O–H groups in total. The number of carbonyl (C=O) groups excluding carboxylic acids is 1. The first kappa shape index (κ1) is 21.2. The van der Waals surface area contributed by atoms with Crippen LogP contribution in [0.1, 0.15) is 57.5 Å². The van der Waals surface area contributed by atoms with E-state index in [9.17, 15) is 18.0 Å². The number of amides is 1. The summed E-state index contributed by atoms with van der Waals surface area (Å²) in [6.07, 6.45) is 2.38. The van der Waals surface area contributed by atoms with Gasteiger partial charge in [0.05, 0.1) is 30.2 Å². The number of nitrogens with zero attached hydrogens (tertiary/aromatic N) is 5. The largest absolute Gasteiger partial charge is 0.416 e. The number of pyridine rings is 1. The summed E-state index contributed by atoms with van der Waals surface area (Å²) in [6, 6.07) is 0.941. The Morgan fingerprint density at radius 2 is 2.06 bits per heavy atom. The van der Waals surface area contributed by atoms with Gasteiger partial charge >= 0.3 is 6.18 Å². The van der Waals surface area contributed by atoms with Crippen LogP contribution in [0.3, 0.4) is 0 Å². The number of fused-ring (bicyclic) bond motifs is 2. The molecule has 8 nitrogen and oxygen atoms in total. The van der Waals surface area contributed by atoms with E-state index in [-0.39, 0.29) is 29.8 Å². The molecule has 0 bridgehead atoms. The molecule has 0 spiro atoms. The molecular weight excluding hydrogens is 447 g/mol.